The van der Waals surface area contributed by atoms with Crippen LogP contribution in [0.4, 0.5) is 5.69 Å². The summed E-state index contributed by atoms with van der Waals surface area (Å²) >= 11 is 0. The van der Waals surface area contributed by atoms with Crippen LogP contribution in [0, 0.1) is 0 Å². The Kier molecular flexibility index (Phi) is 7.01. The molecule has 2 aromatic carbocycles. The number of unbranched alkanes of at least 4 members (excludes halogenated alkanes) is 1. The molecule has 0 fully saturated rings. The molecule has 132 valence electrons. The van der Waals surface area contributed by atoms with Crippen LogP contribution in [0.15, 0.2) is 48.5 Å². The van der Waals surface area contributed by atoms with Crippen LogP contribution in [-0.2, 0) is 16.0 Å². The molecule has 0 aliphatic carbocycles. The van der Waals surface area contributed by atoms with Gasteiger partial charge in [-0.05, 0) is 36.8 Å². The average molecular weight is 341 g/mol. The number of benzene rings is 2. The van der Waals surface area contributed by atoms with Gasteiger partial charge in [0.15, 0.2) is 0 Å². The van der Waals surface area contributed by atoms with Crippen molar-refractivity contribution < 1.29 is 19.1 Å². The van der Waals surface area contributed by atoms with Crippen LogP contribution in [0.25, 0.3) is 0 Å². The van der Waals surface area contributed by atoms with E-state index >= 15 is 0 Å². The number of para-hydroxylation sites is 1. The fourth-order valence-corrected chi connectivity index (χ4v) is 2.31. The molecule has 0 unspecified atom stereocenters. The number of hydrogen-bond donors (Lipinski definition) is 1. The molecular formula is C20H23NO4. The van der Waals surface area contributed by atoms with E-state index in [-0.39, 0.29) is 18.3 Å². The van der Waals surface area contributed by atoms with Crippen molar-refractivity contribution in [2.24, 2.45) is 0 Å². The maximum atomic E-state index is 12.2. The van der Waals surface area contributed by atoms with Crippen molar-refractivity contribution in [2.45, 2.75) is 26.2 Å². The summed E-state index contributed by atoms with van der Waals surface area (Å²) in [4.78, 5) is 24.0. The van der Waals surface area contributed by atoms with E-state index in [2.05, 4.69) is 5.32 Å². The van der Waals surface area contributed by atoms with Crippen LogP contribution in [0.1, 0.15) is 35.7 Å². The van der Waals surface area contributed by atoms with Crippen molar-refractivity contribution in [3.8, 4) is 5.75 Å². The quantitative estimate of drug-likeness (QED) is 0.585. The zero-order valence-electron chi connectivity index (χ0n) is 14.6. The summed E-state index contributed by atoms with van der Waals surface area (Å²) in [7, 11) is 1.58. The summed E-state index contributed by atoms with van der Waals surface area (Å²) in [5.74, 6) is 0.186. The van der Waals surface area contributed by atoms with Gasteiger partial charge in [0.25, 0.3) is 0 Å². The van der Waals surface area contributed by atoms with E-state index in [1.54, 1.807) is 31.4 Å². The molecule has 0 bridgehead atoms. The number of rotatable bonds is 8. The third kappa shape index (κ3) is 5.64. The third-order valence-electron chi connectivity index (χ3n) is 3.68. The monoisotopic (exact) mass is 341 g/mol. The van der Waals surface area contributed by atoms with Crippen LogP contribution in [0.2, 0.25) is 0 Å². The van der Waals surface area contributed by atoms with Gasteiger partial charge in [-0.3, -0.25) is 4.79 Å². The maximum Gasteiger partial charge on any atom is 0.338 e. The minimum atomic E-state index is -0.347. The Bertz CT molecular complexity index is 710. The molecule has 0 radical (unpaired) electrons. The van der Waals surface area contributed by atoms with Gasteiger partial charge in [-0.2, -0.15) is 0 Å². The molecule has 0 heterocycles. The third-order valence-corrected chi connectivity index (χ3v) is 3.68. The van der Waals surface area contributed by atoms with Crippen molar-refractivity contribution >= 4 is 17.6 Å². The Hall–Kier alpha value is -2.82. The van der Waals surface area contributed by atoms with E-state index < -0.39 is 0 Å². The van der Waals surface area contributed by atoms with Gasteiger partial charge in [-0.25, -0.2) is 4.79 Å². The van der Waals surface area contributed by atoms with Crippen LogP contribution in [0.3, 0.4) is 0 Å². The fraction of sp³-hybridized carbons (Fsp3) is 0.300. The second-order valence-corrected chi connectivity index (χ2v) is 5.60. The zero-order valence-corrected chi connectivity index (χ0v) is 14.6. The largest absolute Gasteiger partial charge is 0.496 e. The summed E-state index contributed by atoms with van der Waals surface area (Å²) < 4.78 is 10.4. The molecule has 25 heavy (non-hydrogen) atoms. The smallest absolute Gasteiger partial charge is 0.338 e. The number of amides is 1. The second-order valence-electron chi connectivity index (χ2n) is 5.60. The lowest BCUT2D eigenvalue weighted by Gasteiger charge is -2.09. The SMILES string of the molecule is CCCCOC(=O)c1ccc(NC(=O)Cc2ccccc2OC)cc1. The molecule has 1 N–H and O–H groups in total. The number of carbonyl (C=O) groups excluding carboxylic acids is 2. The molecule has 2 rings (SSSR count). The highest BCUT2D eigenvalue weighted by atomic mass is 16.5. The first-order chi connectivity index (χ1) is 12.1. The summed E-state index contributed by atoms with van der Waals surface area (Å²) in [6.07, 6.45) is 2.04. The standard InChI is InChI=1S/C20H23NO4/c1-3-4-13-25-20(23)15-9-11-17(12-10-15)21-19(22)14-16-7-5-6-8-18(16)24-2/h5-12H,3-4,13-14H2,1-2H3,(H,21,22). The number of esters is 1. The lowest BCUT2D eigenvalue weighted by atomic mass is 10.1. The highest BCUT2D eigenvalue weighted by molar-refractivity contribution is 5.94. The lowest BCUT2D eigenvalue weighted by molar-refractivity contribution is -0.115. The van der Waals surface area contributed by atoms with E-state index in [1.807, 2.05) is 31.2 Å². The van der Waals surface area contributed by atoms with Crippen molar-refractivity contribution in [3.63, 3.8) is 0 Å². The van der Waals surface area contributed by atoms with Gasteiger partial charge in [0.05, 0.1) is 25.7 Å². The number of nitrogens with one attached hydrogen (secondary N) is 1. The minimum absolute atomic E-state index is 0.150. The Morgan fingerprint density at radius 2 is 1.76 bits per heavy atom. The molecule has 0 aromatic heterocycles. The van der Waals surface area contributed by atoms with Crippen molar-refractivity contribution in [1.29, 1.82) is 0 Å². The summed E-state index contributed by atoms with van der Waals surface area (Å²) in [5.41, 5.74) is 1.92. The fourth-order valence-electron chi connectivity index (χ4n) is 2.31. The number of methoxy groups -OCH3 is 1. The molecule has 1 amide bonds. The van der Waals surface area contributed by atoms with Crippen LogP contribution in [-0.4, -0.2) is 25.6 Å². The van der Waals surface area contributed by atoms with Gasteiger partial charge < -0.3 is 14.8 Å². The zero-order chi connectivity index (χ0) is 18.1. The van der Waals surface area contributed by atoms with Gasteiger partial charge in [0.1, 0.15) is 5.75 Å². The van der Waals surface area contributed by atoms with E-state index in [9.17, 15) is 9.59 Å². The number of anilines is 1. The van der Waals surface area contributed by atoms with E-state index in [0.29, 0.717) is 23.6 Å². The Morgan fingerprint density at radius 3 is 2.44 bits per heavy atom. The number of hydrogen-bond acceptors (Lipinski definition) is 4. The predicted octanol–water partition coefficient (Wildman–Crippen LogP) is 3.83. The molecule has 0 saturated heterocycles. The highest BCUT2D eigenvalue weighted by Gasteiger charge is 2.10. The molecule has 2 aromatic rings. The van der Waals surface area contributed by atoms with Crippen LogP contribution in [0.5, 0.6) is 5.75 Å². The van der Waals surface area contributed by atoms with Gasteiger partial charge in [0, 0.05) is 11.3 Å². The molecule has 0 aliphatic heterocycles. The second kappa shape index (κ2) is 9.47. The molecular weight excluding hydrogens is 318 g/mol. The Morgan fingerprint density at radius 1 is 1.04 bits per heavy atom. The molecule has 0 atom stereocenters. The van der Waals surface area contributed by atoms with Gasteiger partial charge in [-0.15, -0.1) is 0 Å². The predicted molar refractivity (Wildman–Crippen MR) is 97.0 cm³/mol. The highest BCUT2D eigenvalue weighted by Crippen LogP contribution is 2.18. The van der Waals surface area contributed by atoms with E-state index in [1.165, 1.54) is 0 Å². The van der Waals surface area contributed by atoms with Crippen LogP contribution >= 0.6 is 0 Å². The van der Waals surface area contributed by atoms with Gasteiger partial charge in [-0.1, -0.05) is 31.5 Å². The summed E-state index contributed by atoms with van der Waals surface area (Å²) in [6.45, 7) is 2.46. The van der Waals surface area contributed by atoms with E-state index in [0.717, 1.165) is 18.4 Å². The van der Waals surface area contributed by atoms with Crippen molar-refractivity contribution in [1.82, 2.24) is 0 Å². The van der Waals surface area contributed by atoms with Gasteiger partial charge in [0.2, 0.25) is 5.91 Å². The lowest BCUT2D eigenvalue weighted by Crippen LogP contribution is -2.15. The number of ether oxygens (including phenoxy) is 2. The maximum absolute atomic E-state index is 12.2. The first kappa shape index (κ1) is 18.5. The Balaban J connectivity index is 1.92. The van der Waals surface area contributed by atoms with Crippen LogP contribution < -0.4 is 10.1 Å². The molecule has 5 nitrogen and oxygen atoms in total. The molecule has 5 heteroatoms. The summed E-state index contributed by atoms with van der Waals surface area (Å²) in [5, 5.41) is 2.81. The van der Waals surface area contributed by atoms with Crippen molar-refractivity contribution in [2.75, 3.05) is 19.0 Å². The molecule has 0 saturated carbocycles. The van der Waals surface area contributed by atoms with E-state index in [4.69, 9.17) is 9.47 Å². The molecule has 0 spiro atoms. The minimum Gasteiger partial charge on any atom is -0.496 e. The number of carbonyl (C=O) groups is 2. The normalized spacial score (nSPS) is 10.2. The Labute approximate surface area is 148 Å². The summed E-state index contributed by atoms with van der Waals surface area (Å²) in [6, 6.07) is 14.1. The van der Waals surface area contributed by atoms with Crippen molar-refractivity contribution in [3.05, 3.63) is 59.7 Å². The van der Waals surface area contributed by atoms with Gasteiger partial charge >= 0.3 is 5.97 Å². The molecule has 0 aliphatic rings. The first-order valence-corrected chi connectivity index (χ1v) is 8.33. The topological polar surface area (TPSA) is 64.6 Å². The first-order valence-electron chi connectivity index (χ1n) is 8.33. The average Bonchev–Trinajstić information content (AvgIpc) is 2.63.